The molecule has 0 aliphatic rings. The molecule has 1 atom stereocenters. The third-order valence-corrected chi connectivity index (χ3v) is 3.15. The number of hydrogen-bond acceptors (Lipinski definition) is 5. The molecule has 7 heteroatoms. The molecule has 2 aromatic rings. The molecule has 0 radical (unpaired) electrons. The predicted octanol–water partition coefficient (Wildman–Crippen LogP) is 1.83. The fourth-order valence-electron chi connectivity index (χ4n) is 1.21. The predicted molar refractivity (Wildman–Crippen MR) is 66.9 cm³/mol. The summed E-state index contributed by atoms with van der Waals surface area (Å²) in [6, 6.07) is 4.49. The van der Waals surface area contributed by atoms with Gasteiger partial charge in [0.2, 0.25) is 11.2 Å². The minimum absolute atomic E-state index is 0.0764. The molecule has 0 saturated carbocycles. The van der Waals surface area contributed by atoms with E-state index in [-0.39, 0.29) is 11.2 Å². The summed E-state index contributed by atoms with van der Waals surface area (Å²) in [7, 11) is 0. The van der Waals surface area contributed by atoms with Gasteiger partial charge in [0.1, 0.15) is 11.9 Å². The Labute approximate surface area is 107 Å². The van der Waals surface area contributed by atoms with E-state index in [0.29, 0.717) is 5.82 Å². The molecule has 0 spiro atoms. The van der Waals surface area contributed by atoms with Gasteiger partial charge in [0.25, 0.3) is 0 Å². The van der Waals surface area contributed by atoms with Crippen LogP contribution < -0.4 is 11.1 Å². The van der Waals surface area contributed by atoms with Crippen LogP contribution >= 0.6 is 22.9 Å². The lowest BCUT2D eigenvalue weighted by Crippen LogP contribution is -2.27. The Balaban J connectivity index is 2.07. The van der Waals surface area contributed by atoms with Crippen LogP contribution in [0, 0.1) is 0 Å². The van der Waals surface area contributed by atoms with Crippen molar-refractivity contribution in [2.75, 3.05) is 5.32 Å². The fraction of sp³-hybridized carbons (Fsp3) is 0.100. The molecule has 5 nitrogen and oxygen atoms in total. The first-order valence-corrected chi connectivity index (χ1v) is 6.01. The summed E-state index contributed by atoms with van der Waals surface area (Å²) < 4.78 is 0. The molecule has 0 fully saturated rings. The van der Waals surface area contributed by atoms with Crippen LogP contribution in [0.3, 0.4) is 0 Å². The van der Waals surface area contributed by atoms with Crippen LogP contribution in [-0.2, 0) is 4.79 Å². The summed E-state index contributed by atoms with van der Waals surface area (Å²) in [6.07, 6.45) is 1.46. The molecule has 0 saturated heterocycles. The monoisotopic (exact) mass is 268 g/mol. The minimum atomic E-state index is -0.705. The van der Waals surface area contributed by atoms with Crippen molar-refractivity contribution >= 4 is 34.7 Å². The summed E-state index contributed by atoms with van der Waals surface area (Å²) in [6.45, 7) is 0. The highest BCUT2D eigenvalue weighted by Crippen LogP contribution is 2.18. The molecule has 17 heavy (non-hydrogen) atoms. The number of rotatable bonds is 3. The average Bonchev–Trinajstić information content (AvgIpc) is 2.81. The van der Waals surface area contributed by atoms with Crippen molar-refractivity contribution in [1.82, 2.24) is 9.97 Å². The second-order valence-electron chi connectivity index (χ2n) is 3.19. The first kappa shape index (κ1) is 12.0. The smallest absolute Gasteiger partial charge is 0.247 e. The maximum Gasteiger partial charge on any atom is 0.247 e. The lowest BCUT2D eigenvalue weighted by atomic mass is 10.2. The molecular formula is C10H9ClN4OS. The van der Waals surface area contributed by atoms with Gasteiger partial charge in [-0.25, -0.2) is 9.97 Å². The SMILES string of the molecule is NC(C(=O)Nc1ccnc(Cl)n1)c1cccs1. The number of nitrogens with two attached hydrogens (primary N) is 1. The van der Waals surface area contributed by atoms with E-state index in [4.69, 9.17) is 17.3 Å². The van der Waals surface area contributed by atoms with Crippen molar-refractivity contribution in [2.45, 2.75) is 6.04 Å². The number of carbonyl (C=O) groups excluding carboxylic acids is 1. The zero-order valence-corrected chi connectivity index (χ0v) is 10.2. The van der Waals surface area contributed by atoms with Crippen molar-refractivity contribution in [2.24, 2.45) is 5.73 Å². The quantitative estimate of drug-likeness (QED) is 0.832. The second kappa shape index (κ2) is 5.22. The van der Waals surface area contributed by atoms with Crippen LogP contribution in [0.4, 0.5) is 5.82 Å². The van der Waals surface area contributed by atoms with Gasteiger partial charge in [-0.1, -0.05) is 6.07 Å². The van der Waals surface area contributed by atoms with E-state index in [0.717, 1.165) is 4.88 Å². The molecule has 2 rings (SSSR count). The number of anilines is 1. The van der Waals surface area contributed by atoms with Gasteiger partial charge in [-0.05, 0) is 29.1 Å². The average molecular weight is 269 g/mol. The first-order valence-electron chi connectivity index (χ1n) is 4.75. The molecule has 3 N–H and O–H groups in total. The number of thiophene rings is 1. The van der Waals surface area contributed by atoms with E-state index >= 15 is 0 Å². The third kappa shape index (κ3) is 3.00. The van der Waals surface area contributed by atoms with Crippen molar-refractivity contribution in [3.63, 3.8) is 0 Å². The summed E-state index contributed by atoms with van der Waals surface area (Å²) in [4.78, 5) is 20.1. The molecule has 0 aromatic carbocycles. The number of halogens is 1. The van der Waals surface area contributed by atoms with Gasteiger partial charge in [0, 0.05) is 11.1 Å². The van der Waals surface area contributed by atoms with Crippen LogP contribution in [0.25, 0.3) is 0 Å². The normalized spacial score (nSPS) is 12.1. The number of nitrogens with zero attached hydrogens (tertiary/aromatic N) is 2. The summed E-state index contributed by atoms with van der Waals surface area (Å²) >= 11 is 7.03. The number of carbonyl (C=O) groups is 1. The van der Waals surface area contributed by atoms with E-state index in [9.17, 15) is 4.79 Å². The van der Waals surface area contributed by atoms with Crippen LogP contribution in [0.15, 0.2) is 29.8 Å². The van der Waals surface area contributed by atoms with Crippen molar-refractivity contribution in [3.8, 4) is 0 Å². The molecule has 1 amide bonds. The fourth-order valence-corrected chi connectivity index (χ4v) is 2.08. The van der Waals surface area contributed by atoms with Gasteiger partial charge in [-0.3, -0.25) is 4.79 Å². The lowest BCUT2D eigenvalue weighted by Gasteiger charge is -2.09. The number of nitrogens with one attached hydrogen (secondary N) is 1. The van der Waals surface area contributed by atoms with E-state index in [1.807, 2.05) is 17.5 Å². The molecule has 88 valence electrons. The van der Waals surface area contributed by atoms with E-state index in [1.54, 1.807) is 6.07 Å². The van der Waals surface area contributed by atoms with Gasteiger partial charge in [-0.2, -0.15) is 0 Å². The lowest BCUT2D eigenvalue weighted by molar-refractivity contribution is -0.117. The Kier molecular flexibility index (Phi) is 3.68. The van der Waals surface area contributed by atoms with Crippen LogP contribution in [0.5, 0.6) is 0 Å². The molecule has 2 aromatic heterocycles. The molecule has 0 bridgehead atoms. The highest BCUT2D eigenvalue weighted by molar-refractivity contribution is 7.10. The Morgan fingerprint density at radius 1 is 1.53 bits per heavy atom. The van der Waals surface area contributed by atoms with Crippen LogP contribution in [-0.4, -0.2) is 15.9 Å². The van der Waals surface area contributed by atoms with Gasteiger partial charge in [0.05, 0.1) is 0 Å². The highest BCUT2D eigenvalue weighted by Gasteiger charge is 2.17. The van der Waals surface area contributed by atoms with Crippen molar-refractivity contribution in [1.29, 1.82) is 0 Å². The summed E-state index contributed by atoms with van der Waals surface area (Å²) in [5.74, 6) is 0.00391. The van der Waals surface area contributed by atoms with Crippen LogP contribution in [0.1, 0.15) is 10.9 Å². The van der Waals surface area contributed by atoms with Gasteiger partial charge < -0.3 is 11.1 Å². The Morgan fingerprint density at radius 2 is 2.35 bits per heavy atom. The third-order valence-electron chi connectivity index (χ3n) is 2.01. The van der Waals surface area contributed by atoms with E-state index in [1.165, 1.54) is 17.5 Å². The zero-order valence-electron chi connectivity index (χ0n) is 8.63. The van der Waals surface area contributed by atoms with Gasteiger partial charge >= 0.3 is 0 Å². The molecular weight excluding hydrogens is 260 g/mol. The van der Waals surface area contributed by atoms with Crippen molar-refractivity contribution in [3.05, 3.63) is 39.9 Å². The van der Waals surface area contributed by atoms with E-state index in [2.05, 4.69) is 15.3 Å². The maximum atomic E-state index is 11.8. The molecule has 0 aliphatic heterocycles. The largest absolute Gasteiger partial charge is 0.316 e. The summed E-state index contributed by atoms with van der Waals surface area (Å²) in [5.41, 5.74) is 5.79. The second-order valence-corrected chi connectivity index (χ2v) is 4.51. The Morgan fingerprint density at radius 3 is 3.00 bits per heavy atom. The van der Waals surface area contributed by atoms with Crippen LogP contribution in [0.2, 0.25) is 5.28 Å². The minimum Gasteiger partial charge on any atom is -0.316 e. The van der Waals surface area contributed by atoms with Gasteiger partial charge in [0.15, 0.2) is 0 Å². The summed E-state index contributed by atoms with van der Waals surface area (Å²) in [5, 5.41) is 4.52. The number of hydrogen-bond donors (Lipinski definition) is 2. The Bertz CT molecular complexity index is 517. The maximum absolute atomic E-state index is 11.8. The molecule has 1 unspecified atom stereocenters. The standard InChI is InChI=1S/C10H9ClN4OS/c11-10-13-4-3-7(15-10)14-9(16)8(12)6-2-1-5-17-6/h1-5,8H,12H2,(H,13,14,15,16). The number of aromatic nitrogens is 2. The number of amides is 1. The highest BCUT2D eigenvalue weighted by atomic mass is 35.5. The van der Waals surface area contributed by atoms with E-state index < -0.39 is 6.04 Å². The Hall–Kier alpha value is -1.50. The van der Waals surface area contributed by atoms with Crippen molar-refractivity contribution < 1.29 is 4.79 Å². The van der Waals surface area contributed by atoms with Gasteiger partial charge in [-0.15, -0.1) is 11.3 Å². The topological polar surface area (TPSA) is 80.9 Å². The molecule has 2 heterocycles. The zero-order chi connectivity index (χ0) is 12.3. The first-order chi connectivity index (χ1) is 8.16. The molecule has 0 aliphatic carbocycles.